The molecule has 6 nitrogen and oxygen atoms in total. The Labute approximate surface area is 126 Å². The average Bonchev–Trinajstić information content (AvgIpc) is 3.17. The molecule has 2 aliphatic heterocycles. The lowest BCUT2D eigenvalue weighted by molar-refractivity contribution is -0.136. The fourth-order valence-electron chi connectivity index (χ4n) is 3.36. The van der Waals surface area contributed by atoms with Gasteiger partial charge in [0.2, 0.25) is 5.91 Å². The maximum Gasteiger partial charge on any atom is 0.240 e. The molecule has 3 rings (SSSR count). The second-order valence-electron chi connectivity index (χ2n) is 5.87. The molecule has 0 saturated carbocycles. The highest BCUT2D eigenvalue weighted by molar-refractivity contribution is 5.82. The van der Waals surface area contributed by atoms with Crippen molar-refractivity contribution in [3.63, 3.8) is 0 Å². The Hall–Kier alpha value is -1.40. The van der Waals surface area contributed by atoms with Crippen molar-refractivity contribution in [3.8, 4) is 0 Å². The van der Waals surface area contributed by atoms with Crippen LogP contribution >= 0.6 is 0 Å². The number of carbonyl (C=O) groups excluding carboxylic acids is 1. The molecule has 1 unspecified atom stereocenters. The summed E-state index contributed by atoms with van der Waals surface area (Å²) in [5.41, 5.74) is 1.21. The molecule has 3 heterocycles. The van der Waals surface area contributed by atoms with Gasteiger partial charge in [-0.15, -0.1) is 0 Å². The van der Waals surface area contributed by atoms with Crippen LogP contribution in [0.5, 0.6) is 0 Å². The molecule has 1 amide bonds. The van der Waals surface area contributed by atoms with E-state index in [2.05, 4.69) is 26.7 Å². The predicted octanol–water partition coefficient (Wildman–Crippen LogP) is 0.299. The molecular formula is C15H25N5O. The third-order valence-electron chi connectivity index (χ3n) is 4.58. The first-order chi connectivity index (χ1) is 10.3. The molecule has 2 aliphatic rings. The van der Waals surface area contributed by atoms with E-state index < -0.39 is 0 Å². The number of nitrogens with one attached hydrogen (secondary N) is 1. The van der Waals surface area contributed by atoms with Crippen molar-refractivity contribution in [3.05, 3.63) is 18.2 Å². The molecule has 0 aromatic carbocycles. The maximum absolute atomic E-state index is 12.7. The molecule has 1 atom stereocenters. The van der Waals surface area contributed by atoms with Crippen LogP contribution in [0.25, 0.3) is 0 Å². The summed E-state index contributed by atoms with van der Waals surface area (Å²) < 4.78 is 2.16. The van der Waals surface area contributed by atoms with Gasteiger partial charge >= 0.3 is 0 Å². The molecular weight excluding hydrogens is 266 g/mol. The number of nitrogens with zero attached hydrogens (tertiary/aromatic N) is 4. The number of likely N-dealkylation sites (tertiary alicyclic amines) is 1. The molecule has 0 radical (unpaired) electrons. The Kier molecular flexibility index (Phi) is 4.55. The van der Waals surface area contributed by atoms with Gasteiger partial charge < -0.3 is 14.8 Å². The number of hydrogen-bond donors (Lipinski definition) is 1. The van der Waals surface area contributed by atoms with E-state index in [0.717, 1.165) is 58.7 Å². The summed E-state index contributed by atoms with van der Waals surface area (Å²) in [6, 6.07) is 0.0586. The van der Waals surface area contributed by atoms with Crippen molar-refractivity contribution >= 4 is 5.91 Å². The molecule has 0 aliphatic carbocycles. The highest BCUT2D eigenvalue weighted by Crippen LogP contribution is 2.22. The fraction of sp³-hybridized carbons (Fsp3) is 0.733. The van der Waals surface area contributed by atoms with Gasteiger partial charge in [0.25, 0.3) is 0 Å². The number of amides is 1. The lowest BCUT2D eigenvalue weighted by Gasteiger charge is -2.33. The van der Waals surface area contributed by atoms with Crippen LogP contribution < -0.4 is 5.32 Å². The summed E-state index contributed by atoms with van der Waals surface area (Å²) in [6.45, 7) is 8.42. The SMILES string of the molecule is CCn1cncc1CN1CCCC1C(=O)N1CCNCC1. The van der Waals surface area contributed by atoms with E-state index >= 15 is 0 Å². The second-order valence-corrected chi connectivity index (χ2v) is 5.87. The van der Waals surface area contributed by atoms with Gasteiger partial charge in [0, 0.05) is 45.5 Å². The summed E-state index contributed by atoms with van der Waals surface area (Å²) >= 11 is 0. The first-order valence-corrected chi connectivity index (χ1v) is 8.02. The minimum Gasteiger partial charge on any atom is -0.339 e. The number of rotatable bonds is 4. The molecule has 2 fully saturated rings. The lowest BCUT2D eigenvalue weighted by Crippen LogP contribution is -2.52. The van der Waals surface area contributed by atoms with Crippen LogP contribution in [0.3, 0.4) is 0 Å². The average molecular weight is 291 g/mol. The quantitative estimate of drug-likeness (QED) is 0.867. The smallest absolute Gasteiger partial charge is 0.240 e. The van der Waals surface area contributed by atoms with Gasteiger partial charge in [-0.3, -0.25) is 9.69 Å². The third kappa shape index (κ3) is 3.11. The van der Waals surface area contributed by atoms with Crippen LogP contribution in [-0.4, -0.2) is 64.0 Å². The van der Waals surface area contributed by atoms with E-state index in [1.165, 1.54) is 5.69 Å². The van der Waals surface area contributed by atoms with Gasteiger partial charge in [-0.1, -0.05) is 0 Å². The number of carbonyl (C=O) groups is 1. The van der Waals surface area contributed by atoms with E-state index in [9.17, 15) is 4.79 Å². The van der Waals surface area contributed by atoms with Crippen LogP contribution in [0, 0.1) is 0 Å². The standard InChI is InChI=1S/C15H25N5O/c1-2-18-12-17-10-13(18)11-20-7-3-4-14(20)15(21)19-8-5-16-6-9-19/h10,12,14,16H,2-9,11H2,1H3. The van der Waals surface area contributed by atoms with Crippen LogP contribution in [0.4, 0.5) is 0 Å². The molecule has 0 bridgehead atoms. The van der Waals surface area contributed by atoms with Crippen LogP contribution in [-0.2, 0) is 17.9 Å². The molecule has 21 heavy (non-hydrogen) atoms. The topological polar surface area (TPSA) is 53.4 Å². The minimum absolute atomic E-state index is 0.0586. The second kappa shape index (κ2) is 6.58. The molecule has 2 saturated heterocycles. The first-order valence-electron chi connectivity index (χ1n) is 8.02. The molecule has 1 N–H and O–H groups in total. The third-order valence-corrected chi connectivity index (χ3v) is 4.58. The van der Waals surface area contributed by atoms with Crippen molar-refractivity contribution in [2.24, 2.45) is 0 Å². The number of piperazine rings is 1. The van der Waals surface area contributed by atoms with Gasteiger partial charge in [0.05, 0.1) is 18.1 Å². The van der Waals surface area contributed by atoms with Crippen molar-refractivity contribution in [2.75, 3.05) is 32.7 Å². The molecule has 116 valence electrons. The summed E-state index contributed by atoms with van der Waals surface area (Å²) in [6.07, 6.45) is 5.90. The van der Waals surface area contributed by atoms with Gasteiger partial charge in [-0.2, -0.15) is 0 Å². The zero-order valence-corrected chi connectivity index (χ0v) is 12.8. The maximum atomic E-state index is 12.7. The Morgan fingerprint density at radius 2 is 2.19 bits per heavy atom. The number of imidazole rings is 1. The van der Waals surface area contributed by atoms with E-state index in [0.29, 0.717) is 5.91 Å². The van der Waals surface area contributed by atoms with E-state index in [1.807, 2.05) is 17.4 Å². The highest BCUT2D eigenvalue weighted by atomic mass is 16.2. The summed E-state index contributed by atoms with van der Waals surface area (Å²) in [5, 5.41) is 3.30. The Bertz CT molecular complexity index is 480. The largest absolute Gasteiger partial charge is 0.339 e. The number of aromatic nitrogens is 2. The molecule has 0 spiro atoms. The van der Waals surface area contributed by atoms with Crippen LogP contribution in [0.15, 0.2) is 12.5 Å². The summed E-state index contributed by atoms with van der Waals surface area (Å²) in [4.78, 5) is 21.3. The van der Waals surface area contributed by atoms with Crippen LogP contribution in [0.2, 0.25) is 0 Å². The van der Waals surface area contributed by atoms with E-state index in [1.54, 1.807) is 0 Å². The number of hydrogen-bond acceptors (Lipinski definition) is 4. The number of aryl methyl sites for hydroxylation is 1. The van der Waals surface area contributed by atoms with Gasteiger partial charge in [-0.25, -0.2) is 4.98 Å². The normalized spacial score (nSPS) is 23.7. The summed E-state index contributed by atoms with van der Waals surface area (Å²) in [7, 11) is 0. The zero-order chi connectivity index (χ0) is 14.7. The van der Waals surface area contributed by atoms with Crippen molar-refractivity contribution < 1.29 is 4.79 Å². The highest BCUT2D eigenvalue weighted by Gasteiger charge is 2.34. The zero-order valence-electron chi connectivity index (χ0n) is 12.8. The molecule has 1 aromatic rings. The Morgan fingerprint density at radius 3 is 2.95 bits per heavy atom. The van der Waals surface area contributed by atoms with Gasteiger partial charge in [-0.05, 0) is 26.3 Å². The predicted molar refractivity (Wildman–Crippen MR) is 80.8 cm³/mol. The van der Waals surface area contributed by atoms with Crippen molar-refractivity contribution in [1.29, 1.82) is 0 Å². The van der Waals surface area contributed by atoms with Gasteiger partial charge in [0.15, 0.2) is 0 Å². The Morgan fingerprint density at radius 1 is 1.38 bits per heavy atom. The minimum atomic E-state index is 0.0586. The summed E-state index contributed by atoms with van der Waals surface area (Å²) in [5.74, 6) is 0.316. The molecule has 6 heteroatoms. The Balaban J connectivity index is 1.66. The lowest BCUT2D eigenvalue weighted by atomic mass is 10.1. The van der Waals surface area contributed by atoms with Gasteiger partial charge in [0.1, 0.15) is 0 Å². The first kappa shape index (κ1) is 14.5. The fourth-order valence-corrected chi connectivity index (χ4v) is 3.36. The van der Waals surface area contributed by atoms with E-state index in [4.69, 9.17) is 0 Å². The van der Waals surface area contributed by atoms with Crippen molar-refractivity contribution in [2.45, 2.75) is 38.9 Å². The monoisotopic (exact) mass is 291 g/mol. The van der Waals surface area contributed by atoms with E-state index in [-0.39, 0.29) is 6.04 Å². The molecule has 1 aromatic heterocycles. The van der Waals surface area contributed by atoms with Crippen molar-refractivity contribution in [1.82, 2.24) is 24.7 Å². The van der Waals surface area contributed by atoms with Crippen LogP contribution in [0.1, 0.15) is 25.5 Å².